The van der Waals surface area contributed by atoms with Crippen LogP contribution < -0.4 is 5.32 Å². The van der Waals surface area contributed by atoms with Gasteiger partial charge >= 0.3 is 6.09 Å². The van der Waals surface area contributed by atoms with Crippen LogP contribution in [0, 0.1) is 5.95 Å². The summed E-state index contributed by atoms with van der Waals surface area (Å²) in [5.74, 6) is -0.379. The zero-order chi connectivity index (χ0) is 19.0. The van der Waals surface area contributed by atoms with Crippen LogP contribution in [-0.4, -0.2) is 32.2 Å². The van der Waals surface area contributed by atoms with Crippen molar-refractivity contribution in [1.82, 2.24) is 20.3 Å². The lowest BCUT2D eigenvalue weighted by Crippen LogP contribution is -2.37. The Labute approximate surface area is 159 Å². The number of rotatable bonds is 3. The van der Waals surface area contributed by atoms with Gasteiger partial charge in [-0.15, -0.1) is 0 Å². The molecular weight excluding hydrogens is 371 g/mol. The van der Waals surface area contributed by atoms with Crippen molar-refractivity contribution in [1.29, 1.82) is 0 Å². The number of carboxylic acid groups (broad SMARTS) is 1. The Morgan fingerprint density at radius 1 is 1.37 bits per heavy atom. The van der Waals surface area contributed by atoms with Gasteiger partial charge in [-0.2, -0.15) is 4.39 Å². The van der Waals surface area contributed by atoms with Gasteiger partial charge in [0.25, 0.3) is 0 Å². The number of aromatic nitrogens is 3. The average Bonchev–Trinajstić information content (AvgIpc) is 3.05. The standard InChI is InChI=1S/C19H18ClFN4O2/c20-13-9-22-18-12(17(13)14-5-2-6-16(21)24-14)8-15(25-18)10-3-1-4-11(7-10)23-19(26)27/h2,5-6,8-11,23H,1,3-4,7H2,(H,22,25)(H,26,27). The Hall–Kier alpha value is -2.67. The molecule has 0 aliphatic heterocycles. The third kappa shape index (κ3) is 3.60. The molecule has 6 nitrogen and oxygen atoms in total. The molecule has 0 spiro atoms. The van der Waals surface area contributed by atoms with Crippen molar-refractivity contribution in [3.05, 3.63) is 47.1 Å². The van der Waals surface area contributed by atoms with Crippen LogP contribution in [0.1, 0.15) is 37.3 Å². The van der Waals surface area contributed by atoms with E-state index in [4.69, 9.17) is 16.7 Å². The smallest absolute Gasteiger partial charge is 0.404 e. The SMILES string of the molecule is O=C(O)NC1CCCC(c2cc3c(-c4cccc(F)n4)c(Cl)cnc3[nH]2)C1. The molecule has 0 aromatic carbocycles. The number of hydrogen-bond donors (Lipinski definition) is 3. The van der Waals surface area contributed by atoms with Crippen LogP contribution in [0.3, 0.4) is 0 Å². The molecule has 27 heavy (non-hydrogen) atoms. The van der Waals surface area contributed by atoms with Crippen LogP contribution in [0.5, 0.6) is 0 Å². The Morgan fingerprint density at radius 2 is 2.22 bits per heavy atom. The molecule has 8 heteroatoms. The lowest BCUT2D eigenvalue weighted by Gasteiger charge is -2.28. The van der Waals surface area contributed by atoms with Crippen LogP contribution >= 0.6 is 11.6 Å². The maximum absolute atomic E-state index is 13.6. The van der Waals surface area contributed by atoms with Gasteiger partial charge in [0.05, 0.1) is 10.7 Å². The Balaban J connectivity index is 1.72. The number of halogens is 2. The highest BCUT2D eigenvalue weighted by Crippen LogP contribution is 2.38. The van der Waals surface area contributed by atoms with Crippen LogP contribution in [0.2, 0.25) is 5.02 Å². The molecule has 3 aromatic rings. The number of amides is 1. The third-order valence-corrected chi connectivity index (χ3v) is 5.33. The van der Waals surface area contributed by atoms with E-state index in [2.05, 4.69) is 20.3 Å². The fourth-order valence-electron chi connectivity index (χ4n) is 3.88. The van der Waals surface area contributed by atoms with Gasteiger partial charge in [-0.1, -0.05) is 24.1 Å². The molecule has 0 bridgehead atoms. The third-order valence-electron chi connectivity index (χ3n) is 5.05. The van der Waals surface area contributed by atoms with Crippen molar-refractivity contribution in [3.8, 4) is 11.3 Å². The number of H-pyrrole nitrogens is 1. The lowest BCUT2D eigenvalue weighted by atomic mass is 9.84. The molecule has 2 unspecified atom stereocenters. The van der Waals surface area contributed by atoms with Crippen LogP contribution in [-0.2, 0) is 0 Å². The number of nitrogens with zero attached hydrogens (tertiary/aromatic N) is 2. The largest absolute Gasteiger partial charge is 0.465 e. The van der Waals surface area contributed by atoms with E-state index < -0.39 is 12.0 Å². The monoisotopic (exact) mass is 388 g/mol. The first-order valence-electron chi connectivity index (χ1n) is 8.81. The minimum Gasteiger partial charge on any atom is -0.465 e. The Kier molecular flexibility index (Phi) is 4.70. The van der Waals surface area contributed by atoms with E-state index in [0.717, 1.165) is 36.8 Å². The van der Waals surface area contributed by atoms with Crippen molar-refractivity contribution in [3.63, 3.8) is 0 Å². The molecule has 4 rings (SSSR count). The van der Waals surface area contributed by atoms with Gasteiger partial charge in [0.1, 0.15) is 5.65 Å². The van der Waals surface area contributed by atoms with Crippen molar-refractivity contribution in [2.24, 2.45) is 0 Å². The highest BCUT2D eigenvalue weighted by atomic mass is 35.5. The number of hydrogen-bond acceptors (Lipinski definition) is 3. The van der Waals surface area contributed by atoms with Crippen molar-refractivity contribution in [2.75, 3.05) is 0 Å². The molecule has 140 valence electrons. The number of fused-ring (bicyclic) bond motifs is 1. The summed E-state index contributed by atoms with van der Waals surface area (Å²) >= 11 is 6.35. The Bertz CT molecular complexity index is 1010. The molecule has 1 amide bonds. The summed E-state index contributed by atoms with van der Waals surface area (Å²) in [4.78, 5) is 22.6. The van der Waals surface area contributed by atoms with E-state index in [9.17, 15) is 9.18 Å². The summed E-state index contributed by atoms with van der Waals surface area (Å²) < 4.78 is 13.6. The maximum atomic E-state index is 13.6. The quantitative estimate of drug-likeness (QED) is 0.566. The first-order chi connectivity index (χ1) is 13.0. The van der Waals surface area contributed by atoms with Gasteiger partial charge in [-0.3, -0.25) is 0 Å². The average molecular weight is 389 g/mol. The van der Waals surface area contributed by atoms with E-state index in [1.807, 2.05) is 6.07 Å². The Morgan fingerprint density at radius 3 is 3.00 bits per heavy atom. The number of carbonyl (C=O) groups is 1. The summed E-state index contributed by atoms with van der Waals surface area (Å²) in [5, 5.41) is 12.7. The van der Waals surface area contributed by atoms with Crippen molar-refractivity contribution < 1.29 is 14.3 Å². The fraction of sp³-hybridized carbons (Fsp3) is 0.316. The number of aromatic amines is 1. The second-order valence-electron chi connectivity index (χ2n) is 6.82. The highest BCUT2D eigenvalue weighted by molar-refractivity contribution is 6.34. The number of nitrogens with one attached hydrogen (secondary N) is 2. The van der Waals surface area contributed by atoms with E-state index in [1.165, 1.54) is 12.3 Å². The van der Waals surface area contributed by atoms with Gasteiger partial charge in [0.15, 0.2) is 0 Å². The molecule has 0 saturated heterocycles. The van der Waals surface area contributed by atoms with E-state index in [0.29, 0.717) is 21.9 Å². The summed E-state index contributed by atoms with van der Waals surface area (Å²) in [6, 6.07) is 6.51. The second kappa shape index (κ2) is 7.15. The van der Waals surface area contributed by atoms with Gasteiger partial charge in [-0.05, 0) is 37.5 Å². The maximum Gasteiger partial charge on any atom is 0.404 e. The summed E-state index contributed by atoms with van der Waals surface area (Å²) in [7, 11) is 0. The first-order valence-corrected chi connectivity index (χ1v) is 9.18. The zero-order valence-corrected chi connectivity index (χ0v) is 15.1. The molecule has 3 heterocycles. The zero-order valence-electron chi connectivity index (χ0n) is 14.4. The van der Waals surface area contributed by atoms with E-state index in [-0.39, 0.29) is 12.0 Å². The molecule has 1 aliphatic rings. The minimum atomic E-state index is -0.995. The first kappa shape index (κ1) is 17.7. The van der Waals surface area contributed by atoms with Gasteiger partial charge in [0, 0.05) is 34.8 Å². The van der Waals surface area contributed by atoms with Gasteiger partial charge in [0.2, 0.25) is 5.95 Å². The van der Waals surface area contributed by atoms with Crippen LogP contribution in [0.15, 0.2) is 30.5 Å². The van der Waals surface area contributed by atoms with Gasteiger partial charge < -0.3 is 15.4 Å². The topological polar surface area (TPSA) is 90.9 Å². The van der Waals surface area contributed by atoms with Crippen LogP contribution in [0.4, 0.5) is 9.18 Å². The molecule has 1 aliphatic carbocycles. The summed E-state index contributed by atoms with van der Waals surface area (Å²) in [6.45, 7) is 0. The van der Waals surface area contributed by atoms with E-state index in [1.54, 1.807) is 12.1 Å². The van der Waals surface area contributed by atoms with Gasteiger partial charge in [-0.25, -0.2) is 14.8 Å². The fourth-order valence-corrected chi connectivity index (χ4v) is 4.12. The molecule has 2 atom stereocenters. The van der Waals surface area contributed by atoms with E-state index >= 15 is 0 Å². The number of pyridine rings is 2. The predicted molar refractivity (Wildman–Crippen MR) is 100 cm³/mol. The molecular formula is C19H18ClFN4O2. The molecule has 3 aromatic heterocycles. The summed E-state index contributed by atoms with van der Waals surface area (Å²) in [6.07, 6.45) is 4.00. The summed E-state index contributed by atoms with van der Waals surface area (Å²) in [5.41, 5.74) is 2.73. The molecule has 0 radical (unpaired) electrons. The van der Waals surface area contributed by atoms with Crippen LogP contribution in [0.25, 0.3) is 22.3 Å². The second-order valence-corrected chi connectivity index (χ2v) is 7.23. The normalized spacial score (nSPS) is 19.9. The predicted octanol–water partition coefficient (Wildman–Crippen LogP) is 4.71. The minimum absolute atomic E-state index is 0.0615. The molecule has 1 fully saturated rings. The highest BCUT2D eigenvalue weighted by Gasteiger charge is 2.26. The molecule has 1 saturated carbocycles. The van der Waals surface area contributed by atoms with Crippen molar-refractivity contribution >= 4 is 28.7 Å². The van der Waals surface area contributed by atoms with Crippen molar-refractivity contribution in [2.45, 2.75) is 37.6 Å². The molecule has 3 N–H and O–H groups in total. The lowest BCUT2D eigenvalue weighted by molar-refractivity contribution is 0.184.